The van der Waals surface area contributed by atoms with E-state index in [4.69, 9.17) is 5.73 Å². The molecule has 1 aliphatic heterocycles. The summed E-state index contributed by atoms with van der Waals surface area (Å²) in [5.74, 6) is -1.36. The van der Waals surface area contributed by atoms with Crippen molar-refractivity contribution in [3.8, 4) is 5.69 Å². The molecule has 0 bridgehead atoms. The molecule has 0 saturated carbocycles. The average Bonchev–Trinajstić information content (AvgIpc) is 2.82. The first-order valence-electron chi connectivity index (χ1n) is 4.95. The molecule has 1 atom stereocenters. The third-order valence-corrected chi connectivity index (χ3v) is 2.83. The van der Waals surface area contributed by atoms with Crippen molar-refractivity contribution in [1.29, 1.82) is 0 Å². The Bertz CT molecular complexity index is 636. The van der Waals surface area contributed by atoms with E-state index < -0.39 is 17.8 Å². The van der Waals surface area contributed by atoms with Crippen molar-refractivity contribution in [2.24, 2.45) is 5.73 Å². The van der Waals surface area contributed by atoms with Gasteiger partial charge in [0.2, 0.25) is 0 Å². The van der Waals surface area contributed by atoms with Crippen LogP contribution in [0.2, 0.25) is 0 Å². The van der Waals surface area contributed by atoms with Crippen molar-refractivity contribution in [1.82, 2.24) is 9.78 Å². The average molecular weight is 233 g/mol. The van der Waals surface area contributed by atoms with Crippen molar-refractivity contribution < 1.29 is 14.3 Å². The molecule has 1 aromatic carbocycles. The smallest absolute Gasteiger partial charge is 0.251 e. The quantitative estimate of drug-likeness (QED) is 0.752. The van der Waals surface area contributed by atoms with E-state index in [1.807, 2.05) is 0 Å². The Kier molecular flexibility index (Phi) is 1.84. The minimum Gasteiger partial charge on any atom is -0.382 e. The van der Waals surface area contributed by atoms with E-state index >= 15 is 0 Å². The van der Waals surface area contributed by atoms with Gasteiger partial charge in [0.1, 0.15) is 11.9 Å². The zero-order valence-corrected chi connectivity index (χ0v) is 8.59. The molecule has 3 N–H and O–H groups in total. The fraction of sp³-hybridized carbons (Fsp3) is 0.0909. The van der Waals surface area contributed by atoms with Gasteiger partial charge in [-0.15, -0.1) is 0 Å². The standard InChI is InChI=1S/C11H8FN3O2/c12-5-3-6-9(7(4-5)11(13)17)15-8(10(6)16)1-2-14-15/h1-4,10,16H,(H2,13,17). The van der Waals surface area contributed by atoms with Gasteiger partial charge in [-0.3, -0.25) is 4.79 Å². The third kappa shape index (κ3) is 1.21. The lowest BCUT2D eigenvalue weighted by molar-refractivity contribution is 0.0999. The van der Waals surface area contributed by atoms with Crippen molar-refractivity contribution in [2.45, 2.75) is 6.10 Å². The Morgan fingerprint density at radius 2 is 2.29 bits per heavy atom. The number of rotatable bonds is 1. The van der Waals surface area contributed by atoms with E-state index in [9.17, 15) is 14.3 Å². The van der Waals surface area contributed by atoms with Crippen LogP contribution in [-0.4, -0.2) is 20.8 Å². The molecule has 0 aliphatic carbocycles. The molecule has 17 heavy (non-hydrogen) atoms. The lowest BCUT2D eigenvalue weighted by Crippen LogP contribution is -2.15. The van der Waals surface area contributed by atoms with Crippen LogP contribution in [0.5, 0.6) is 0 Å². The first-order valence-corrected chi connectivity index (χ1v) is 4.95. The molecule has 1 aliphatic rings. The maximum Gasteiger partial charge on any atom is 0.251 e. The summed E-state index contributed by atoms with van der Waals surface area (Å²) in [5.41, 5.74) is 6.37. The van der Waals surface area contributed by atoms with Crippen molar-refractivity contribution in [3.05, 3.63) is 47.0 Å². The second kappa shape index (κ2) is 3.14. The number of aromatic nitrogens is 2. The fourth-order valence-corrected chi connectivity index (χ4v) is 2.12. The summed E-state index contributed by atoms with van der Waals surface area (Å²) < 4.78 is 14.7. The van der Waals surface area contributed by atoms with Crippen LogP contribution >= 0.6 is 0 Å². The first kappa shape index (κ1) is 9.98. The molecule has 1 aromatic heterocycles. The second-order valence-electron chi connectivity index (χ2n) is 3.83. The summed E-state index contributed by atoms with van der Waals surface area (Å²) in [4.78, 5) is 11.3. The zero-order chi connectivity index (χ0) is 12.2. The summed E-state index contributed by atoms with van der Waals surface area (Å²) in [6, 6.07) is 3.83. The number of benzene rings is 1. The molecular weight excluding hydrogens is 225 g/mol. The molecule has 1 unspecified atom stereocenters. The van der Waals surface area contributed by atoms with E-state index in [0.29, 0.717) is 16.9 Å². The Balaban J connectivity index is 2.39. The highest BCUT2D eigenvalue weighted by Gasteiger charge is 2.32. The minimum atomic E-state index is -0.985. The number of hydrogen-bond donors (Lipinski definition) is 2. The normalized spacial score (nSPS) is 16.7. The highest BCUT2D eigenvalue weighted by Crippen LogP contribution is 2.37. The van der Waals surface area contributed by atoms with E-state index in [0.717, 1.165) is 6.07 Å². The summed E-state index contributed by atoms with van der Waals surface area (Å²) >= 11 is 0. The summed E-state index contributed by atoms with van der Waals surface area (Å²) in [5, 5.41) is 14.0. The SMILES string of the molecule is NC(=O)c1cc(F)cc2c1-n1nccc1C2O. The zero-order valence-electron chi connectivity index (χ0n) is 8.59. The summed E-state index contributed by atoms with van der Waals surface area (Å²) in [6.45, 7) is 0. The van der Waals surface area contributed by atoms with Crippen LogP contribution in [-0.2, 0) is 0 Å². The number of halogens is 1. The van der Waals surface area contributed by atoms with Crippen LogP contribution < -0.4 is 5.73 Å². The topological polar surface area (TPSA) is 81.1 Å². The Labute approximate surface area is 95.3 Å². The van der Waals surface area contributed by atoms with E-state index in [1.165, 1.54) is 16.9 Å². The van der Waals surface area contributed by atoms with Gasteiger partial charge in [-0.1, -0.05) is 0 Å². The number of carbonyl (C=O) groups excluding carboxylic acids is 1. The van der Waals surface area contributed by atoms with Crippen LogP contribution in [0.15, 0.2) is 24.4 Å². The number of amides is 1. The fourth-order valence-electron chi connectivity index (χ4n) is 2.12. The predicted molar refractivity (Wildman–Crippen MR) is 56.1 cm³/mol. The van der Waals surface area contributed by atoms with Crippen molar-refractivity contribution in [3.63, 3.8) is 0 Å². The summed E-state index contributed by atoms with van der Waals surface area (Å²) in [6.07, 6.45) is 0.511. The van der Waals surface area contributed by atoms with Gasteiger partial charge in [0.15, 0.2) is 0 Å². The van der Waals surface area contributed by atoms with Gasteiger partial charge < -0.3 is 10.8 Å². The van der Waals surface area contributed by atoms with Crippen LogP contribution in [0.3, 0.4) is 0 Å². The van der Waals surface area contributed by atoms with Gasteiger partial charge in [-0.05, 0) is 18.2 Å². The summed E-state index contributed by atoms with van der Waals surface area (Å²) in [7, 11) is 0. The number of aliphatic hydroxyl groups excluding tert-OH is 1. The Morgan fingerprint density at radius 1 is 1.53 bits per heavy atom. The number of primary amides is 1. The highest BCUT2D eigenvalue weighted by atomic mass is 19.1. The van der Waals surface area contributed by atoms with Crippen molar-refractivity contribution >= 4 is 5.91 Å². The van der Waals surface area contributed by atoms with Gasteiger partial charge in [-0.25, -0.2) is 9.07 Å². The number of aliphatic hydroxyl groups is 1. The van der Waals surface area contributed by atoms with Crippen molar-refractivity contribution in [2.75, 3.05) is 0 Å². The van der Waals surface area contributed by atoms with Gasteiger partial charge in [0, 0.05) is 11.8 Å². The first-order chi connectivity index (χ1) is 8.09. The van der Waals surface area contributed by atoms with Gasteiger partial charge in [0.25, 0.3) is 5.91 Å². The molecule has 5 nitrogen and oxygen atoms in total. The molecule has 2 aromatic rings. The monoisotopic (exact) mass is 233 g/mol. The van der Waals surface area contributed by atoms with Gasteiger partial charge in [0.05, 0.1) is 16.9 Å². The van der Waals surface area contributed by atoms with Crippen LogP contribution in [0.4, 0.5) is 4.39 Å². The number of nitrogens with zero attached hydrogens (tertiary/aromatic N) is 2. The molecule has 0 saturated heterocycles. The molecule has 86 valence electrons. The number of carbonyl (C=O) groups is 1. The van der Waals surface area contributed by atoms with Crippen LogP contribution in [0.25, 0.3) is 5.69 Å². The van der Waals surface area contributed by atoms with Gasteiger partial charge in [-0.2, -0.15) is 5.10 Å². The molecule has 0 fully saturated rings. The molecule has 1 amide bonds. The van der Waals surface area contributed by atoms with E-state index in [1.54, 1.807) is 6.07 Å². The highest BCUT2D eigenvalue weighted by molar-refractivity contribution is 5.97. The number of fused-ring (bicyclic) bond motifs is 3. The minimum absolute atomic E-state index is 0.0153. The number of nitrogens with two attached hydrogens (primary N) is 1. The maximum absolute atomic E-state index is 13.3. The Morgan fingerprint density at radius 3 is 3.00 bits per heavy atom. The van der Waals surface area contributed by atoms with E-state index in [2.05, 4.69) is 5.10 Å². The molecular formula is C11H8FN3O2. The number of hydrogen-bond acceptors (Lipinski definition) is 3. The molecule has 0 radical (unpaired) electrons. The predicted octanol–water partition coefficient (Wildman–Crippen LogP) is 0.505. The molecule has 0 spiro atoms. The van der Waals surface area contributed by atoms with Crippen LogP contribution in [0, 0.1) is 5.82 Å². The molecule has 3 rings (SSSR count). The maximum atomic E-state index is 13.3. The lowest BCUT2D eigenvalue weighted by atomic mass is 10.0. The van der Waals surface area contributed by atoms with Crippen LogP contribution in [0.1, 0.15) is 27.7 Å². The lowest BCUT2D eigenvalue weighted by Gasteiger charge is -2.07. The Hall–Kier alpha value is -2.21. The third-order valence-electron chi connectivity index (χ3n) is 2.83. The molecule has 2 heterocycles. The van der Waals surface area contributed by atoms with E-state index in [-0.39, 0.29) is 5.56 Å². The van der Waals surface area contributed by atoms with Gasteiger partial charge >= 0.3 is 0 Å². The second-order valence-corrected chi connectivity index (χ2v) is 3.83. The largest absolute Gasteiger partial charge is 0.382 e. The molecule has 6 heteroatoms.